The second-order valence-electron chi connectivity index (χ2n) is 6.54. The number of methoxy groups -OCH3 is 1. The van der Waals surface area contributed by atoms with Crippen LogP contribution in [0.1, 0.15) is 18.7 Å². The first-order valence-electron chi connectivity index (χ1n) is 9.01. The summed E-state index contributed by atoms with van der Waals surface area (Å²) in [5.74, 6) is 0.771. The number of benzene rings is 1. The van der Waals surface area contributed by atoms with Crippen LogP contribution in [0, 0.1) is 11.7 Å². The number of urea groups is 1. The smallest absolute Gasteiger partial charge is 0.319 e. The molecule has 2 aromatic rings. The van der Waals surface area contributed by atoms with Crippen LogP contribution in [-0.4, -0.2) is 48.7 Å². The minimum atomic E-state index is -0.377. The fraction of sp³-hybridized carbons (Fsp3) is 0.500. The van der Waals surface area contributed by atoms with Crippen molar-refractivity contribution in [2.24, 2.45) is 5.92 Å². The Kier molecular flexibility index (Phi) is 6.94. The van der Waals surface area contributed by atoms with Gasteiger partial charge in [-0.25, -0.2) is 14.2 Å². The zero-order chi connectivity index (χ0) is 19.1. The average molecular weight is 393 g/mol. The molecule has 1 atom stereocenters. The van der Waals surface area contributed by atoms with Crippen molar-refractivity contribution >= 4 is 28.4 Å². The van der Waals surface area contributed by atoms with Gasteiger partial charge in [-0.3, -0.25) is 0 Å². The zero-order valence-electron chi connectivity index (χ0n) is 15.3. The molecule has 2 heterocycles. The third-order valence-corrected chi connectivity index (χ3v) is 5.23. The lowest BCUT2D eigenvalue weighted by molar-refractivity contribution is 0.201. The molecule has 9 heteroatoms. The van der Waals surface area contributed by atoms with Gasteiger partial charge in [0.15, 0.2) is 0 Å². The van der Waals surface area contributed by atoms with Gasteiger partial charge >= 0.3 is 6.03 Å². The fourth-order valence-corrected chi connectivity index (χ4v) is 3.80. The summed E-state index contributed by atoms with van der Waals surface area (Å²) in [6.45, 7) is 2.96. The second kappa shape index (κ2) is 9.61. The van der Waals surface area contributed by atoms with Crippen LogP contribution < -0.4 is 15.5 Å². The Morgan fingerprint density at radius 3 is 3.19 bits per heavy atom. The quantitative estimate of drug-likeness (QED) is 0.756. The molecule has 1 aliphatic heterocycles. The topological polar surface area (TPSA) is 79.4 Å². The first kappa shape index (κ1) is 19.5. The normalized spacial score (nSPS) is 17.0. The average Bonchev–Trinajstić information content (AvgIpc) is 3.14. The molecule has 0 saturated carbocycles. The lowest BCUT2D eigenvalue weighted by atomic mass is 9.98. The molecule has 0 spiro atoms. The molecule has 1 aliphatic rings. The summed E-state index contributed by atoms with van der Waals surface area (Å²) >= 11 is 1.41. The number of nitrogens with one attached hydrogen (secondary N) is 2. The van der Waals surface area contributed by atoms with Crippen LogP contribution in [0.3, 0.4) is 0 Å². The molecular formula is C18H24FN5O2S. The number of carbonyl (C=O) groups is 1. The van der Waals surface area contributed by atoms with Crippen LogP contribution in [0.2, 0.25) is 0 Å². The van der Waals surface area contributed by atoms with Crippen molar-refractivity contribution in [1.29, 1.82) is 0 Å². The molecule has 1 fully saturated rings. The van der Waals surface area contributed by atoms with Crippen molar-refractivity contribution in [2.45, 2.75) is 19.3 Å². The molecule has 2 amide bonds. The van der Waals surface area contributed by atoms with Crippen molar-refractivity contribution in [3.63, 3.8) is 0 Å². The highest BCUT2D eigenvalue weighted by Crippen LogP contribution is 2.24. The van der Waals surface area contributed by atoms with Gasteiger partial charge in [0.05, 0.1) is 6.61 Å². The molecule has 3 rings (SSSR count). The van der Waals surface area contributed by atoms with E-state index in [0.29, 0.717) is 31.2 Å². The fourth-order valence-electron chi connectivity index (χ4n) is 3.05. The minimum Gasteiger partial charge on any atom is -0.384 e. The Bertz CT molecular complexity index is 757. The van der Waals surface area contributed by atoms with Crippen molar-refractivity contribution < 1.29 is 13.9 Å². The predicted octanol–water partition coefficient (Wildman–Crippen LogP) is 2.90. The standard InChI is InChI=1S/C18H24FN5O2S/c1-26-9-7-16-22-18(27-23-16)24-8-3-4-13(12-24)11-20-17(25)21-15-6-2-5-14(19)10-15/h2,5-6,10,13H,3-4,7-9,11-12H2,1H3,(H2,20,21,25). The molecule has 1 aromatic carbocycles. The van der Waals surface area contributed by atoms with Crippen LogP contribution in [0.4, 0.5) is 20.0 Å². The van der Waals surface area contributed by atoms with Gasteiger partial charge in [-0.2, -0.15) is 4.37 Å². The highest BCUT2D eigenvalue weighted by molar-refractivity contribution is 7.09. The maximum Gasteiger partial charge on any atom is 0.319 e. The molecule has 0 bridgehead atoms. The molecule has 7 nitrogen and oxygen atoms in total. The van der Waals surface area contributed by atoms with Gasteiger partial charge in [-0.15, -0.1) is 0 Å². The van der Waals surface area contributed by atoms with E-state index >= 15 is 0 Å². The molecule has 1 unspecified atom stereocenters. The van der Waals surface area contributed by atoms with Crippen LogP contribution in [-0.2, 0) is 11.2 Å². The molecule has 146 valence electrons. The Morgan fingerprint density at radius 1 is 1.48 bits per heavy atom. The maximum absolute atomic E-state index is 13.2. The van der Waals surface area contributed by atoms with E-state index in [4.69, 9.17) is 4.74 Å². The summed E-state index contributed by atoms with van der Waals surface area (Å²) < 4.78 is 22.6. The maximum atomic E-state index is 13.2. The van der Waals surface area contributed by atoms with E-state index in [1.807, 2.05) is 0 Å². The summed E-state index contributed by atoms with van der Waals surface area (Å²) in [6, 6.07) is 5.52. The molecule has 0 radical (unpaired) electrons. The number of carbonyl (C=O) groups excluding carboxylic acids is 1. The van der Waals surface area contributed by atoms with Gasteiger partial charge < -0.3 is 20.3 Å². The van der Waals surface area contributed by atoms with Gasteiger partial charge in [0.1, 0.15) is 11.6 Å². The highest BCUT2D eigenvalue weighted by Gasteiger charge is 2.23. The highest BCUT2D eigenvalue weighted by atomic mass is 32.1. The van der Waals surface area contributed by atoms with Gasteiger partial charge in [-0.05, 0) is 37.0 Å². The third-order valence-electron chi connectivity index (χ3n) is 4.41. The van der Waals surface area contributed by atoms with E-state index in [-0.39, 0.29) is 11.8 Å². The first-order chi connectivity index (χ1) is 13.1. The van der Waals surface area contributed by atoms with Gasteiger partial charge in [-0.1, -0.05) is 6.07 Å². The number of nitrogens with zero attached hydrogens (tertiary/aromatic N) is 3. The van der Waals surface area contributed by atoms with Crippen LogP contribution in [0.15, 0.2) is 24.3 Å². The SMILES string of the molecule is COCCc1nsc(N2CCCC(CNC(=O)Nc3cccc(F)c3)C2)n1. The first-order valence-corrected chi connectivity index (χ1v) is 9.78. The number of aromatic nitrogens is 2. The lowest BCUT2D eigenvalue weighted by Gasteiger charge is -2.32. The largest absolute Gasteiger partial charge is 0.384 e. The summed E-state index contributed by atoms with van der Waals surface area (Å²) in [7, 11) is 1.67. The molecule has 2 N–H and O–H groups in total. The molecule has 27 heavy (non-hydrogen) atoms. The van der Waals surface area contributed by atoms with E-state index in [1.54, 1.807) is 19.2 Å². The monoisotopic (exact) mass is 393 g/mol. The van der Waals surface area contributed by atoms with Crippen molar-refractivity contribution in [2.75, 3.05) is 43.6 Å². The number of rotatable bonds is 7. The molecule has 1 aromatic heterocycles. The number of amides is 2. The van der Waals surface area contributed by atoms with Crippen LogP contribution in [0.25, 0.3) is 0 Å². The Labute approximate surface area is 162 Å². The lowest BCUT2D eigenvalue weighted by Crippen LogP contribution is -2.42. The van der Waals surface area contributed by atoms with E-state index in [2.05, 4.69) is 24.9 Å². The predicted molar refractivity (Wildman–Crippen MR) is 104 cm³/mol. The zero-order valence-corrected chi connectivity index (χ0v) is 16.1. The van der Waals surface area contributed by atoms with Crippen molar-refractivity contribution in [3.05, 3.63) is 35.9 Å². The summed E-state index contributed by atoms with van der Waals surface area (Å²) in [5, 5.41) is 6.46. The van der Waals surface area contributed by atoms with Crippen molar-refractivity contribution in [3.8, 4) is 0 Å². The van der Waals surface area contributed by atoms with E-state index in [9.17, 15) is 9.18 Å². The number of anilines is 2. The Hall–Kier alpha value is -2.26. The number of halogens is 1. The molecule has 1 saturated heterocycles. The third kappa shape index (κ3) is 5.86. The number of ether oxygens (including phenoxy) is 1. The van der Waals surface area contributed by atoms with Gasteiger partial charge in [0.2, 0.25) is 5.13 Å². The summed E-state index contributed by atoms with van der Waals surface area (Å²) in [5.41, 5.74) is 0.440. The minimum absolute atomic E-state index is 0.324. The summed E-state index contributed by atoms with van der Waals surface area (Å²) in [4.78, 5) is 18.8. The second-order valence-corrected chi connectivity index (χ2v) is 7.27. The molecule has 0 aliphatic carbocycles. The van der Waals surface area contributed by atoms with E-state index < -0.39 is 0 Å². The number of hydrogen-bond donors (Lipinski definition) is 2. The van der Waals surface area contributed by atoms with Gasteiger partial charge in [0.25, 0.3) is 0 Å². The Balaban J connectivity index is 1.46. The molecular weight excluding hydrogens is 369 g/mol. The van der Waals surface area contributed by atoms with Gasteiger partial charge in [0, 0.05) is 50.4 Å². The van der Waals surface area contributed by atoms with Crippen molar-refractivity contribution in [1.82, 2.24) is 14.7 Å². The number of hydrogen-bond acceptors (Lipinski definition) is 6. The van der Waals surface area contributed by atoms with Crippen LogP contribution >= 0.6 is 11.5 Å². The Morgan fingerprint density at radius 2 is 2.37 bits per heavy atom. The summed E-state index contributed by atoms with van der Waals surface area (Å²) in [6.07, 6.45) is 2.81. The van der Waals surface area contributed by atoms with Crippen LogP contribution in [0.5, 0.6) is 0 Å². The van der Waals surface area contributed by atoms with E-state index in [1.165, 1.54) is 23.7 Å². The van der Waals surface area contributed by atoms with E-state index in [0.717, 1.165) is 36.9 Å². The number of piperidine rings is 1.